The van der Waals surface area contributed by atoms with Crippen LogP contribution in [0, 0.1) is 0 Å². The van der Waals surface area contributed by atoms with E-state index in [1.54, 1.807) is 0 Å². The summed E-state index contributed by atoms with van der Waals surface area (Å²) in [6, 6.07) is 5.87. The molecule has 0 bridgehead atoms. The minimum atomic E-state index is 0.0162. The summed E-state index contributed by atoms with van der Waals surface area (Å²) in [5.74, 6) is 0.944. The third-order valence-corrected chi connectivity index (χ3v) is 2.55. The highest BCUT2D eigenvalue weighted by Crippen LogP contribution is 2.28. The van der Waals surface area contributed by atoms with Gasteiger partial charge in [0.1, 0.15) is 11.9 Å². The number of carbonyl (C=O) groups is 1. The van der Waals surface area contributed by atoms with Crippen LogP contribution in [-0.2, 0) is 6.42 Å². The highest BCUT2D eigenvalue weighted by molar-refractivity contribution is 6.00. The lowest BCUT2D eigenvalue weighted by molar-refractivity contribution is 0.0871. The smallest absolute Gasteiger partial charge is 0.170 e. The largest absolute Gasteiger partial charge is 0.489 e. The van der Waals surface area contributed by atoms with Gasteiger partial charge in [0, 0.05) is 6.42 Å². The third-order valence-electron chi connectivity index (χ3n) is 2.55. The molecule has 1 aliphatic rings. The molecule has 0 aromatic heterocycles. The van der Waals surface area contributed by atoms with E-state index in [4.69, 9.17) is 4.74 Å². The number of hydrogen-bond acceptors (Lipinski definition) is 2. The van der Waals surface area contributed by atoms with Gasteiger partial charge < -0.3 is 4.74 Å². The summed E-state index contributed by atoms with van der Waals surface area (Å²) in [6.45, 7) is 4.01. The summed E-state index contributed by atoms with van der Waals surface area (Å²) in [7, 11) is 0. The van der Waals surface area contributed by atoms with Crippen LogP contribution in [0.5, 0.6) is 5.75 Å². The maximum absolute atomic E-state index is 11.7. The summed E-state index contributed by atoms with van der Waals surface area (Å²) in [5.41, 5.74) is 1.94. The molecule has 1 aromatic carbocycles. The van der Waals surface area contributed by atoms with Crippen LogP contribution >= 0.6 is 0 Å². The Bertz CT molecular complexity index is 369. The highest BCUT2D eigenvalue weighted by Gasteiger charge is 2.23. The van der Waals surface area contributed by atoms with Crippen LogP contribution in [0.1, 0.15) is 36.2 Å². The van der Waals surface area contributed by atoms with Crippen molar-refractivity contribution >= 4 is 5.78 Å². The SMILES string of the molecule is CCc1ccc2c(c1)C(=O)CC(C)O2. The highest BCUT2D eigenvalue weighted by atomic mass is 16.5. The lowest BCUT2D eigenvalue weighted by Gasteiger charge is -2.22. The molecule has 1 heterocycles. The molecule has 0 amide bonds. The van der Waals surface area contributed by atoms with Crippen LogP contribution in [-0.4, -0.2) is 11.9 Å². The van der Waals surface area contributed by atoms with Gasteiger partial charge in [-0.3, -0.25) is 4.79 Å². The van der Waals surface area contributed by atoms with Gasteiger partial charge in [-0.25, -0.2) is 0 Å². The number of Topliss-reactive ketones (excluding diaryl/α,β-unsaturated/α-hetero) is 1. The van der Waals surface area contributed by atoms with Crippen molar-refractivity contribution in [3.63, 3.8) is 0 Å². The van der Waals surface area contributed by atoms with Crippen molar-refractivity contribution in [2.24, 2.45) is 0 Å². The van der Waals surface area contributed by atoms with Gasteiger partial charge in [0.15, 0.2) is 5.78 Å². The molecular weight excluding hydrogens is 176 g/mol. The predicted octanol–water partition coefficient (Wildman–Crippen LogP) is 2.60. The Kier molecular flexibility index (Phi) is 2.28. The van der Waals surface area contributed by atoms with Crippen molar-refractivity contribution in [1.82, 2.24) is 0 Å². The predicted molar refractivity (Wildman–Crippen MR) is 54.9 cm³/mol. The van der Waals surface area contributed by atoms with Crippen LogP contribution in [0.2, 0.25) is 0 Å². The molecule has 0 saturated carbocycles. The molecule has 0 radical (unpaired) electrons. The average Bonchev–Trinajstić information content (AvgIpc) is 2.17. The van der Waals surface area contributed by atoms with Crippen LogP contribution in [0.4, 0.5) is 0 Å². The molecule has 0 aliphatic carbocycles. The fourth-order valence-electron chi connectivity index (χ4n) is 1.75. The molecule has 1 atom stereocenters. The summed E-state index contributed by atoms with van der Waals surface area (Å²) in [6.07, 6.45) is 1.47. The summed E-state index contributed by atoms with van der Waals surface area (Å²) in [4.78, 5) is 11.7. The monoisotopic (exact) mass is 190 g/mol. The number of fused-ring (bicyclic) bond motifs is 1. The van der Waals surface area contributed by atoms with Crippen molar-refractivity contribution in [2.75, 3.05) is 0 Å². The van der Waals surface area contributed by atoms with Gasteiger partial charge in [0.2, 0.25) is 0 Å². The van der Waals surface area contributed by atoms with Gasteiger partial charge >= 0.3 is 0 Å². The van der Waals surface area contributed by atoms with Gasteiger partial charge in [-0.05, 0) is 31.0 Å². The first-order chi connectivity index (χ1) is 6.70. The van der Waals surface area contributed by atoms with Crippen molar-refractivity contribution in [1.29, 1.82) is 0 Å². The number of aryl methyl sites for hydroxylation is 1. The van der Waals surface area contributed by atoms with E-state index >= 15 is 0 Å². The fourth-order valence-corrected chi connectivity index (χ4v) is 1.75. The van der Waals surface area contributed by atoms with Gasteiger partial charge in [-0.1, -0.05) is 13.0 Å². The molecule has 0 spiro atoms. The van der Waals surface area contributed by atoms with E-state index in [-0.39, 0.29) is 11.9 Å². The Balaban J connectivity index is 2.44. The first-order valence-electron chi connectivity index (χ1n) is 5.03. The van der Waals surface area contributed by atoms with Crippen LogP contribution in [0.25, 0.3) is 0 Å². The normalized spacial score (nSPS) is 20.1. The van der Waals surface area contributed by atoms with E-state index in [2.05, 4.69) is 6.92 Å². The van der Waals surface area contributed by atoms with E-state index in [9.17, 15) is 4.79 Å². The minimum absolute atomic E-state index is 0.0162. The van der Waals surface area contributed by atoms with Gasteiger partial charge in [0.25, 0.3) is 0 Å². The molecule has 1 aliphatic heterocycles. The van der Waals surface area contributed by atoms with Crippen LogP contribution < -0.4 is 4.74 Å². The lowest BCUT2D eigenvalue weighted by atomic mass is 9.98. The molecule has 0 fully saturated rings. The van der Waals surface area contributed by atoms with Crippen molar-refractivity contribution < 1.29 is 9.53 Å². The Morgan fingerprint density at radius 2 is 2.29 bits per heavy atom. The molecular formula is C12H14O2. The summed E-state index contributed by atoms with van der Waals surface area (Å²) >= 11 is 0. The van der Waals surface area contributed by atoms with E-state index < -0.39 is 0 Å². The number of hydrogen-bond donors (Lipinski definition) is 0. The molecule has 14 heavy (non-hydrogen) atoms. The Morgan fingerprint density at radius 3 is 3.00 bits per heavy atom. The van der Waals surface area contributed by atoms with Gasteiger partial charge in [-0.2, -0.15) is 0 Å². The maximum Gasteiger partial charge on any atom is 0.170 e. The summed E-state index contributed by atoms with van der Waals surface area (Å²) in [5, 5.41) is 0. The Hall–Kier alpha value is -1.31. The van der Waals surface area contributed by atoms with E-state index in [0.29, 0.717) is 6.42 Å². The zero-order chi connectivity index (χ0) is 10.1. The van der Waals surface area contributed by atoms with Crippen molar-refractivity contribution in [2.45, 2.75) is 32.8 Å². The molecule has 1 unspecified atom stereocenters. The number of ether oxygens (including phenoxy) is 1. The number of ketones is 1. The topological polar surface area (TPSA) is 26.3 Å². The molecule has 0 saturated heterocycles. The Labute approximate surface area is 83.9 Å². The van der Waals surface area contributed by atoms with E-state index in [1.165, 1.54) is 5.56 Å². The zero-order valence-electron chi connectivity index (χ0n) is 8.54. The molecule has 2 nitrogen and oxygen atoms in total. The van der Waals surface area contributed by atoms with Gasteiger partial charge in [-0.15, -0.1) is 0 Å². The molecule has 2 rings (SSSR count). The standard InChI is InChI=1S/C12H14O2/c1-3-9-4-5-12-10(7-9)11(13)6-8(2)14-12/h4-5,7-8H,3,6H2,1-2H3. The average molecular weight is 190 g/mol. The fraction of sp³-hybridized carbons (Fsp3) is 0.417. The summed E-state index contributed by atoms with van der Waals surface area (Å²) < 4.78 is 5.58. The number of carbonyl (C=O) groups excluding carboxylic acids is 1. The van der Waals surface area contributed by atoms with Crippen molar-refractivity contribution in [3.8, 4) is 5.75 Å². The zero-order valence-corrected chi connectivity index (χ0v) is 8.54. The molecule has 0 N–H and O–H groups in total. The van der Waals surface area contributed by atoms with E-state index in [0.717, 1.165) is 17.7 Å². The second-order valence-electron chi connectivity index (χ2n) is 3.74. The first kappa shape index (κ1) is 9.25. The van der Waals surface area contributed by atoms with Crippen LogP contribution in [0.3, 0.4) is 0 Å². The second-order valence-corrected chi connectivity index (χ2v) is 3.74. The van der Waals surface area contributed by atoms with Gasteiger partial charge in [0.05, 0.1) is 5.56 Å². The number of benzene rings is 1. The molecule has 74 valence electrons. The van der Waals surface area contributed by atoms with Crippen LogP contribution in [0.15, 0.2) is 18.2 Å². The van der Waals surface area contributed by atoms with Crippen molar-refractivity contribution in [3.05, 3.63) is 29.3 Å². The maximum atomic E-state index is 11.7. The van der Waals surface area contributed by atoms with E-state index in [1.807, 2.05) is 25.1 Å². The first-order valence-corrected chi connectivity index (χ1v) is 5.03. The molecule has 2 heteroatoms. The lowest BCUT2D eigenvalue weighted by Crippen LogP contribution is -2.23. The Morgan fingerprint density at radius 1 is 1.50 bits per heavy atom. The quantitative estimate of drug-likeness (QED) is 0.680. The second kappa shape index (κ2) is 3.45. The minimum Gasteiger partial charge on any atom is -0.489 e. The molecule has 1 aromatic rings. The number of rotatable bonds is 1. The third kappa shape index (κ3) is 1.52.